The van der Waals surface area contributed by atoms with Gasteiger partial charge in [0.2, 0.25) is 15.9 Å². The van der Waals surface area contributed by atoms with Gasteiger partial charge in [-0.05, 0) is 25.1 Å². The average molecular weight is 316 g/mol. The van der Waals surface area contributed by atoms with E-state index in [4.69, 9.17) is 5.11 Å². The van der Waals surface area contributed by atoms with E-state index in [1.54, 1.807) is 0 Å². The van der Waals surface area contributed by atoms with Crippen molar-refractivity contribution in [3.8, 4) is 0 Å². The smallest absolute Gasteiger partial charge is 0.335 e. The summed E-state index contributed by atoms with van der Waals surface area (Å²) in [5.41, 5.74) is -0.343. The first-order valence-corrected chi connectivity index (χ1v) is 7.51. The molecule has 1 aromatic rings. The molecular weight excluding hydrogens is 303 g/mol. The van der Waals surface area contributed by atoms with Gasteiger partial charge in [-0.15, -0.1) is 0 Å². The van der Waals surface area contributed by atoms with Crippen LogP contribution in [0, 0.1) is 5.82 Å². The molecule has 0 radical (unpaired) electrons. The molecular formula is C12H13FN2O5S. The number of carboxylic acids is 1. The zero-order valence-electron chi connectivity index (χ0n) is 11.0. The lowest BCUT2D eigenvalue weighted by atomic mass is 10.2. The number of nitrogens with zero attached hydrogens (tertiary/aromatic N) is 1. The van der Waals surface area contributed by atoms with Gasteiger partial charge in [0.15, 0.2) is 0 Å². The molecule has 1 fully saturated rings. The Kier molecular flexibility index (Phi) is 3.97. The molecule has 114 valence electrons. The summed E-state index contributed by atoms with van der Waals surface area (Å²) in [6, 6.07) is 1.52. The zero-order chi connectivity index (χ0) is 15.8. The Labute approximate surface area is 120 Å². The fourth-order valence-electron chi connectivity index (χ4n) is 2.05. The van der Waals surface area contributed by atoms with Crippen LogP contribution in [-0.2, 0) is 14.8 Å². The molecule has 0 aromatic heterocycles. The number of hydrogen-bond acceptors (Lipinski definition) is 4. The number of carboxylic acid groups (broad SMARTS) is 1. The minimum absolute atomic E-state index is 0.00796. The lowest BCUT2D eigenvalue weighted by Crippen LogP contribution is -2.55. The summed E-state index contributed by atoms with van der Waals surface area (Å²) in [5, 5.41) is 11.4. The Balaban J connectivity index is 2.51. The van der Waals surface area contributed by atoms with Crippen LogP contribution in [-0.4, -0.2) is 48.8 Å². The molecule has 1 amide bonds. The van der Waals surface area contributed by atoms with Gasteiger partial charge in [-0.1, -0.05) is 0 Å². The van der Waals surface area contributed by atoms with Crippen molar-refractivity contribution in [2.75, 3.05) is 13.1 Å². The normalized spacial score (nSPS) is 20.1. The predicted octanol–water partition coefficient (Wildman–Crippen LogP) is 0.0329. The molecule has 0 aliphatic carbocycles. The third-order valence-electron chi connectivity index (χ3n) is 3.21. The summed E-state index contributed by atoms with van der Waals surface area (Å²) < 4.78 is 39.6. The van der Waals surface area contributed by atoms with Crippen molar-refractivity contribution in [1.29, 1.82) is 0 Å². The van der Waals surface area contributed by atoms with Crippen LogP contribution in [0.3, 0.4) is 0 Å². The van der Waals surface area contributed by atoms with Crippen LogP contribution in [0.4, 0.5) is 4.39 Å². The second-order valence-corrected chi connectivity index (χ2v) is 6.39. The summed E-state index contributed by atoms with van der Waals surface area (Å²) in [6.07, 6.45) is 0. The molecule has 2 rings (SSSR count). The van der Waals surface area contributed by atoms with Crippen LogP contribution in [0.5, 0.6) is 0 Å². The highest BCUT2D eigenvalue weighted by Gasteiger charge is 2.37. The van der Waals surface area contributed by atoms with Crippen molar-refractivity contribution < 1.29 is 27.5 Å². The van der Waals surface area contributed by atoms with Gasteiger partial charge in [-0.3, -0.25) is 4.79 Å². The van der Waals surface area contributed by atoms with Crippen LogP contribution >= 0.6 is 0 Å². The second kappa shape index (κ2) is 5.41. The number of rotatable bonds is 3. The van der Waals surface area contributed by atoms with E-state index in [1.165, 1.54) is 6.92 Å². The van der Waals surface area contributed by atoms with Gasteiger partial charge in [-0.25, -0.2) is 17.6 Å². The van der Waals surface area contributed by atoms with Gasteiger partial charge in [0.05, 0.1) is 5.56 Å². The molecule has 1 aliphatic rings. The third kappa shape index (κ3) is 2.74. The minimum atomic E-state index is -4.30. The summed E-state index contributed by atoms with van der Waals surface area (Å²) in [7, 11) is -4.30. The van der Waals surface area contributed by atoms with E-state index in [-0.39, 0.29) is 18.7 Å². The number of halogens is 1. The van der Waals surface area contributed by atoms with Crippen LogP contribution in [0.1, 0.15) is 17.3 Å². The largest absolute Gasteiger partial charge is 0.478 e. The molecule has 2 N–H and O–H groups in total. The molecule has 1 atom stereocenters. The zero-order valence-corrected chi connectivity index (χ0v) is 11.9. The van der Waals surface area contributed by atoms with Crippen LogP contribution in [0.25, 0.3) is 0 Å². The molecule has 21 heavy (non-hydrogen) atoms. The van der Waals surface area contributed by atoms with Crippen molar-refractivity contribution in [2.24, 2.45) is 0 Å². The maximum absolute atomic E-state index is 13.8. The Morgan fingerprint density at radius 1 is 1.48 bits per heavy atom. The molecule has 0 spiro atoms. The van der Waals surface area contributed by atoms with E-state index in [1.807, 2.05) is 0 Å². The highest BCUT2D eigenvalue weighted by atomic mass is 32.2. The van der Waals surface area contributed by atoms with E-state index < -0.39 is 38.7 Å². The van der Waals surface area contributed by atoms with Crippen LogP contribution in [0.15, 0.2) is 23.1 Å². The monoisotopic (exact) mass is 316 g/mol. The maximum Gasteiger partial charge on any atom is 0.335 e. The Morgan fingerprint density at radius 3 is 2.76 bits per heavy atom. The van der Waals surface area contributed by atoms with Crippen molar-refractivity contribution in [2.45, 2.75) is 17.9 Å². The Bertz CT molecular complexity index is 704. The van der Waals surface area contributed by atoms with Crippen molar-refractivity contribution in [1.82, 2.24) is 9.62 Å². The number of benzene rings is 1. The molecule has 0 saturated carbocycles. The van der Waals surface area contributed by atoms with Gasteiger partial charge < -0.3 is 10.4 Å². The molecule has 0 bridgehead atoms. The SMILES string of the molecule is CC1C(=O)NCCN1S(=O)(=O)c1cc(C(=O)O)ccc1F. The molecule has 1 aromatic carbocycles. The standard InChI is InChI=1S/C12H13FN2O5S/c1-7-11(16)14-4-5-15(7)21(19,20)10-6-8(12(17)18)2-3-9(10)13/h2-3,6-7H,4-5H2,1H3,(H,14,16)(H,17,18). The maximum atomic E-state index is 13.8. The van der Waals surface area contributed by atoms with Gasteiger partial charge >= 0.3 is 5.97 Å². The van der Waals surface area contributed by atoms with E-state index in [2.05, 4.69) is 5.32 Å². The summed E-state index contributed by atoms with van der Waals surface area (Å²) >= 11 is 0. The second-order valence-electron chi connectivity index (χ2n) is 4.53. The summed E-state index contributed by atoms with van der Waals surface area (Å²) in [4.78, 5) is 21.7. The number of carbonyl (C=O) groups is 2. The van der Waals surface area contributed by atoms with Gasteiger partial charge in [0, 0.05) is 13.1 Å². The number of sulfonamides is 1. The van der Waals surface area contributed by atoms with Crippen molar-refractivity contribution >= 4 is 21.9 Å². The van der Waals surface area contributed by atoms with Gasteiger partial charge in [0.25, 0.3) is 0 Å². The van der Waals surface area contributed by atoms with Crippen LogP contribution in [0.2, 0.25) is 0 Å². The predicted molar refractivity (Wildman–Crippen MR) is 69.7 cm³/mol. The molecule has 1 saturated heterocycles. The number of carbonyl (C=O) groups excluding carboxylic acids is 1. The molecule has 9 heteroatoms. The first kappa shape index (κ1) is 15.4. The van der Waals surface area contributed by atoms with E-state index in [0.29, 0.717) is 0 Å². The highest BCUT2D eigenvalue weighted by Crippen LogP contribution is 2.23. The number of hydrogen-bond donors (Lipinski definition) is 2. The summed E-state index contributed by atoms with van der Waals surface area (Å²) in [6.45, 7) is 1.49. The van der Waals surface area contributed by atoms with Crippen molar-refractivity contribution in [3.05, 3.63) is 29.6 Å². The lowest BCUT2D eigenvalue weighted by Gasteiger charge is -2.31. The number of piperazine rings is 1. The lowest BCUT2D eigenvalue weighted by molar-refractivity contribution is -0.126. The van der Waals surface area contributed by atoms with Crippen molar-refractivity contribution in [3.63, 3.8) is 0 Å². The third-order valence-corrected chi connectivity index (χ3v) is 5.19. The highest BCUT2D eigenvalue weighted by molar-refractivity contribution is 7.89. The molecule has 7 nitrogen and oxygen atoms in total. The van der Waals surface area contributed by atoms with E-state index in [9.17, 15) is 22.4 Å². The fourth-order valence-corrected chi connectivity index (χ4v) is 3.74. The number of nitrogens with one attached hydrogen (secondary N) is 1. The van der Waals surface area contributed by atoms with E-state index >= 15 is 0 Å². The first-order valence-electron chi connectivity index (χ1n) is 6.07. The average Bonchev–Trinajstić information content (AvgIpc) is 2.41. The number of amides is 1. The van der Waals surface area contributed by atoms with E-state index in [0.717, 1.165) is 22.5 Å². The first-order chi connectivity index (χ1) is 9.75. The minimum Gasteiger partial charge on any atom is -0.478 e. The quantitative estimate of drug-likeness (QED) is 0.819. The fraction of sp³-hybridized carbons (Fsp3) is 0.333. The Morgan fingerprint density at radius 2 is 2.14 bits per heavy atom. The number of aromatic carboxylic acids is 1. The molecule has 1 unspecified atom stereocenters. The molecule has 1 aliphatic heterocycles. The topological polar surface area (TPSA) is 104 Å². The summed E-state index contributed by atoms with van der Waals surface area (Å²) in [5.74, 6) is -2.91. The van der Waals surface area contributed by atoms with Gasteiger partial charge in [-0.2, -0.15) is 4.31 Å². The Hall–Kier alpha value is -2.00. The molecule has 1 heterocycles. The van der Waals surface area contributed by atoms with Crippen LogP contribution < -0.4 is 5.32 Å². The van der Waals surface area contributed by atoms with Gasteiger partial charge in [0.1, 0.15) is 16.8 Å².